The number of alkyl halides is 3. The molecule has 7 nitrogen and oxygen atoms in total. The lowest BCUT2D eigenvalue weighted by Crippen LogP contribution is -2.29. The zero-order valence-corrected chi connectivity index (χ0v) is 18.4. The average molecular weight is 469 g/mol. The van der Waals surface area contributed by atoms with Crippen LogP contribution in [0.15, 0.2) is 42.5 Å². The summed E-state index contributed by atoms with van der Waals surface area (Å²) in [5.74, 6) is -0.522. The molecule has 180 valence electrons. The lowest BCUT2D eigenvalue weighted by molar-refractivity contribution is -0.153. The molecule has 10 heteroatoms. The van der Waals surface area contributed by atoms with E-state index >= 15 is 0 Å². The number of hydrogen-bond acceptors (Lipinski definition) is 5. The van der Waals surface area contributed by atoms with Crippen LogP contribution in [0, 0.1) is 0 Å². The predicted octanol–water partition coefficient (Wildman–Crippen LogP) is 4.93. The van der Waals surface area contributed by atoms with Crippen LogP contribution in [0.4, 0.5) is 23.7 Å². The highest BCUT2D eigenvalue weighted by Gasteiger charge is 2.30. The smallest absolute Gasteiger partial charge is 0.416 e. The number of anilines is 1. The van der Waals surface area contributed by atoms with Crippen molar-refractivity contribution in [1.29, 1.82) is 0 Å². The molecule has 0 bridgehead atoms. The van der Waals surface area contributed by atoms with Gasteiger partial charge in [-0.3, -0.25) is 5.32 Å². The minimum absolute atomic E-state index is 0.0306. The molecule has 0 aliphatic rings. The second-order valence-corrected chi connectivity index (χ2v) is 7.45. The average Bonchev–Trinajstić information content (AvgIpc) is 2.73. The number of methoxy groups -OCH3 is 1. The van der Waals surface area contributed by atoms with Gasteiger partial charge in [0.2, 0.25) is 0 Å². The van der Waals surface area contributed by atoms with Gasteiger partial charge >= 0.3 is 18.2 Å². The third-order valence-electron chi connectivity index (χ3n) is 4.54. The lowest BCUT2D eigenvalue weighted by atomic mass is 10.0. The summed E-state index contributed by atoms with van der Waals surface area (Å²) in [6.45, 7) is 3.47. The van der Waals surface area contributed by atoms with Gasteiger partial charge in [0.1, 0.15) is 5.75 Å². The molecule has 2 aromatic rings. The van der Waals surface area contributed by atoms with Gasteiger partial charge in [0.05, 0.1) is 25.4 Å². The topological polar surface area (TPSA) is 94.1 Å². The fourth-order valence-corrected chi connectivity index (χ4v) is 3.04. The van der Waals surface area contributed by atoms with Gasteiger partial charge in [-0.1, -0.05) is 12.1 Å². The molecule has 0 aliphatic carbocycles. The number of halogens is 3. The Kier molecular flexibility index (Phi) is 9.10. The van der Waals surface area contributed by atoms with Crippen LogP contribution >= 0.6 is 0 Å². The predicted molar refractivity (Wildman–Crippen MR) is 114 cm³/mol. The van der Waals surface area contributed by atoms with E-state index in [1.54, 1.807) is 32.0 Å². The van der Waals surface area contributed by atoms with Crippen LogP contribution < -0.4 is 10.1 Å². The maximum Gasteiger partial charge on any atom is 0.416 e. The maximum absolute atomic E-state index is 12.6. The number of carbonyl (C=O) groups excluding carboxylic acids is 1. The van der Waals surface area contributed by atoms with Gasteiger partial charge in [-0.15, -0.1) is 0 Å². The number of hydrogen-bond donors (Lipinski definition) is 2. The summed E-state index contributed by atoms with van der Waals surface area (Å²) in [6.07, 6.45) is -6.10. The molecule has 0 heterocycles. The van der Waals surface area contributed by atoms with Crippen molar-refractivity contribution >= 4 is 17.7 Å². The Hall–Kier alpha value is -3.27. The van der Waals surface area contributed by atoms with Gasteiger partial charge in [-0.25, -0.2) is 9.59 Å². The van der Waals surface area contributed by atoms with Gasteiger partial charge in [0.15, 0.2) is 6.10 Å². The number of nitrogens with one attached hydrogen (secondary N) is 1. The van der Waals surface area contributed by atoms with Crippen molar-refractivity contribution in [3.8, 4) is 5.75 Å². The summed E-state index contributed by atoms with van der Waals surface area (Å²) < 4.78 is 53.7. The second-order valence-electron chi connectivity index (χ2n) is 7.45. The summed E-state index contributed by atoms with van der Waals surface area (Å²) in [5.41, 5.74) is 0.758. The molecule has 2 N–H and O–H groups in total. The minimum atomic E-state index is -4.46. The number of rotatable bonds is 10. The van der Waals surface area contributed by atoms with E-state index in [4.69, 9.17) is 14.2 Å². The molecule has 0 spiro atoms. The van der Waals surface area contributed by atoms with E-state index in [-0.39, 0.29) is 31.2 Å². The van der Waals surface area contributed by atoms with Crippen LogP contribution in [0.2, 0.25) is 0 Å². The molecule has 0 aromatic heterocycles. The first-order chi connectivity index (χ1) is 15.5. The van der Waals surface area contributed by atoms with Crippen molar-refractivity contribution in [3.05, 3.63) is 59.2 Å². The molecule has 0 radical (unpaired) electrons. The number of aliphatic carboxylic acids is 1. The monoisotopic (exact) mass is 469 g/mol. The number of ether oxygens (including phenoxy) is 3. The summed E-state index contributed by atoms with van der Waals surface area (Å²) >= 11 is 0. The zero-order chi connectivity index (χ0) is 24.6. The zero-order valence-electron chi connectivity index (χ0n) is 18.4. The van der Waals surface area contributed by atoms with Gasteiger partial charge in [-0.05, 0) is 55.3 Å². The Morgan fingerprint density at radius 2 is 1.76 bits per heavy atom. The lowest BCUT2D eigenvalue weighted by Gasteiger charge is -2.17. The van der Waals surface area contributed by atoms with Crippen LogP contribution in [0.5, 0.6) is 5.75 Å². The molecule has 1 unspecified atom stereocenters. The highest BCUT2D eigenvalue weighted by atomic mass is 19.4. The summed E-state index contributed by atoms with van der Waals surface area (Å²) in [5, 5.41) is 11.7. The fraction of sp³-hybridized carbons (Fsp3) is 0.391. The molecule has 1 amide bonds. The van der Waals surface area contributed by atoms with Crippen LogP contribution in [0.25, 0.3) is 0 Å². The van der Waals surface area contributed by atoms with Gasteiger partial charge < -0.3 is 19.3 Å². The van der Waals surface area contributed by atoms with E-state index in [2.05, 4.69) is 5.32 Å². The molecule has 0 saturated carbocycles. The number of benzene rings is 2. The van der Waals surface area contributed by atoms with E-state index in [0.29, 0.717) is 16.9 Å². The summed E-state index contributed by atoms with van der Waals surface area (Å²) in [7, 11) is 1.48. The van der Waals surface area contributed by atoms with E-state index in [9.17, 15) is 27.9 Å². The fourth-order valence-electron chi connectivity index (χ4n) is 3.04. The first-order valence-electron chi connectivity index (χ1n) is 10.1. The highest BCUT2D eigenvalue weighted by Crippen LogP contribution is 2.29. The largest absolute Gasteiger partial charge is 0.496 e. The van der Waals surface area contributed by atoms with Crippen molar-refractivity contribution < 1.29 is 42.1 Å². The molecule has 1 atom stereocenters. The first kappa shape index (κ1) is 26.0. The van der Waals surface area contributed by atoms with Crippen molar-refractivity contribution in [2.75, 3.05) is 19.0 Å². The second kappa shape index (κ2) is 11.6. The van der Waals surface area contributed by atoms with Crippen LogP contribution in [-0.2, 0) is 33.3 Å². The van der Waals surface area contributed by atoms with Crippen LogP contribution in [0.3, 0.4) is 0 Å². The molecule has 0 saturated heterocycles. The number of carboxylic acid groups (broad SMARTS) is 1. The molecule has 0 fully saturated rings. The SMILES string of the molecule is COc1ccc(CC(OC(C)C)C(=O)O)cc1CCOC(=O)Nc1ccc(C(F)(F)F)cc1. The quantitative estimate of drug-likeness (QED) is 0.513. The van der Waals surface area contributed by atoms with Gasteiger partial charge in [0.25, 0.3) is 0 Å². The Labute approximate surface area is 189 Å². The molecule has 2 rings (SSSR count). The molecule has 0 aliphatic heterocycles. The maximum atomic E-state index is 12.6. The molecule has 2 aromatic carbocycles. The van der Waals surface area contributed by atoms with E-state index in [1.165, 1.54) is 7.11 Å². The normalized spacial score (nSPS) is 12.3. The Morgan fingerprint density at radius 3 is 2.30 bits per heavy atom. The third kappa shape index (κ3) is 8.30. The number of amides is 1. The standard InChI is InChI=1S/C23H26F3NO6/c1-14(2)33-20(21(28)29)13-15-4-9-19(31-3)16(12-15)10-11-32-22(30)27-18-7-5-17(6-8-18)23(24,25)26/h4-9,12,14,20H,10-11,13H2,1-3H3,(H,27,30)(H,28,29). The number of carbonyl (C=O) groups is 2. The van der Waals surface area contributed by atoms with E-state index in [1.807, 2.05) is 0 Å². The molecule has 33 heavy (non-hydrogen) atoms. The van der Waals surface area contributed by atoms with E-state index < -0.39 is 29.9 Å². The van der Waals surface area contributed by atoms with Gasteiger partial charge in [-0.2, -0.15) is 13.2 Å². The van der Waals surface area contributed by atoms with Crippen LogP contribution in [0.1, 0.15) is 30.5 Å². The highest BCUT2D eigenvalue weighted by molar-refractivity contribution is 5.84. The third-order valence-corrected chi connectivity index (χ3v) is 4.54. The minimum Gasteiger partial charge on any atom is -0.496 e. The van der Waals surface area contributed by atoms with E-state index in [0.717, 1.165) is 24.3 Å². The Bertz CT molecular complexity index is 944. The van der Waals surface area contributed by atoms with Crippen molar-refractivity contribution in [3.63, 3.8) is 0 Å². The summed E-state index contributed by atoms with van der Waals surface area (Å²) in [4.78, 5) is 23.4. The molecular formula is C23H26F3NO6. The Balaban J connectivity index is 1.96. The van der Waals surface area contributed by atoms with Gasteiger partial charge in [0, 0.05) is 18.5 Å². The van der Waals surface area contributed by atoms with Crippen molar-refractivity contribution in [2.45, 2.75) is 45.1 Å². The first-order valence-corrected chi connectivity index (χ1v) is 10.1. The molecular weight excluding hydrogens is 443 g/mol. The summed E-state index contributed by atoms with van der Waals surface area (Å²) in [6, 6.07) is 9.18. The van der Waals surface area contributed by atoms with Crippen molar-refractivity contribution in [2.24, 2.45) is 0 Å². The Morgan fingerprint density at radius 1 is 1.09 bits per heavy atom. The van der Waals surface area contributed by atoms with Crippen LogP contribution in [-0.4, -0.2) is 43.1 Å². The van der Waals surface area contributed by atoms with Crippen molar-refractivity contribution in [1.82, 2.24) is 0 Å². The number of carboxylic acids is 1.